The highest BCUT2D eigenvalue weighted by atomic mass is 16.4. The molecule has 1 aromatic heterocycles. The molecule has 6 nitrogen and oxygen atoms in total. The third kappa shape index (κ3) is 4.31. The van der Waals surface area contributed by atoms with Crippen LogP contribution in [0.15, 0.2) is 48.7 Å². The Balaban J connectivity index is 2.01. The van der Waals surface area contributed by atoms with Gasteiger partial charge < -0.3 is 10.4 Å². The summed E-state index contributed by atoms with van der Waals surface area (Å²) in [5, 5.41) is 15.2. The van der Waals surface area contributed by atoms with E-state index in [-0.39, 0.29) is 12.5 Å². The lowest BCUT2D eigenvalue weighted by molar-refractivity contribution is -0.137. The quantitative estimate of drug-likeness (QED) is 0.823. The minimum absolute atomic E-state index is 0.241. The van der Waals surface area contributed by atoms with Crippen LogP contribution in [0, 0.1) is 0 Å². The zero-order chi connectivity index (χ0) is 15.2. The van der Waals surface area contributed by atoms with Crippen LogP contribution in [0.3, 0.4) is 0 Å². The molecule has 108 valence electrons. The van der Waals surface area contributed by atoms with Crippen LogP contribution < -0.4 is 5.32 Å². The summed E-state index contributed by atoms with van der Waals surface area (Å²) < 4.78 is 1.24. The van der Waals surface area contributed by atoms with Crippen molar-refractivity contribution in [1.29, 1.82) is 0 Å². The highest BCUT2D eigenvalue weighted by Crippen LogP contribution is 2.13. The van der Waals surface area contributed by atoms with Crippen LogP contribution in [0.1, 0.15) is 12.5 Å². The molecule has 0 aliphatic carbocycles. The molecule has 2 rings (SSSR count). The largest absolute Gasteiger partial charge is 0.480 e. The van der Waals surface area contributed by atoms with Gasteiger partial charge in [0.05, 0.1) is 0 Å². The molecule has 0 fully saturated rings. The normalized spacial score (nSPS) is 11.2. The predicted octanol–water partition coefficient (Wildman–Crippen LogP) is 2.01. The number of allylic oxidation sites excluding steroid dienone is 1. The van der Waals surface area contributed by atoms with Crippen LogP contribution in [0.4, 0.5) is 5.82 Å². The molecule has 21 heavy (non-hydrogen) atoms. The second-order valence-electron chi connectivity index (χ2n) is 4.47. The smallest absolute Gasteiger partial charge is 0.325 e. The molecule has 1 heterocycles. The number of amides is 1. The SMILES string of the molecule is CC(=CC(=O)Nc1ccn(CC(=O)O)n1)c1ccccc1. The Morgan fingerprint density at radius 1 is 1.29 bits per heavy atom. The van der Waals surface area contributed by atoms with Crippen molar-refractivity contribution in [2.24, 2.45) is 0 Å². The Morgan fingerprint density at radius 3 is 2.67 bits per heavy atom. The van der Waals surface area contributed by atoms with Gasteiger partial charge in [-0.3, -0.25) is 14.3 Å². The van der Waals surface area contributed by atoms with E-state index in [1.165, 1.54) is 17.0 Å². The number of carboxylic acid groups (broad SMARTS) is 1. The minimum Gasteiger partial charge on any atom is -0.480 e. The summed E-state index contributed by atoms with van der Waals surface area (Å²) in [6.07, 6.45) is 2.98. The lowest BCUT2D eigenvalue weighted by Gasteiger charge is -2.02. The number of carbonyl (C=O) groups excluding carboxylic acids is 1. The fourth-order valence-electron chi connectivity index (χ4n) is 1.80. The monoisotopic (exact) mass is 285 g/mol. The van der Waals surface area contributed by atoms with Crippen molar-refractivity contribution in [2.75, 3.05) is 5.32 Å². The maximum absolute atomic E-state index is 11.9. The zero-order valence-electron chi connectivity index (χ0n) is 11.5. The molecule has 0 radical (unpaired) electrons. The number of nitrogens with zero attached hydrogens (tertiary/aromatic N) is 2. The van der Waals surface area contributed by atoms with Crippen molar-refractivity contribution < 1.29 is 14.7 Å². The number of benzene rings is 1. The van der Waals surface area contributed by atoms with Crippen molar-refractivity contribution in [1.82, 2.24) is 9.78 Å². The number of hydrogen-bond acceptors (Lipinski definition) is 3. The summed E-state index contributed by atoms with van der Waals surface area (Å²) in [6.45, 7) is 1.60. The van der Waals surface area contributed by atoms with E-state index in [9.17, 15) is 9.59 Å². The van der Waals surface area contributed by atoms with Crippen LogP contribution in [0.25, 0.3) is 5.57 Å². The summed E-state index contributed by atoms with van der Waals surface area (Å²) in [5.74, 6) is -0.980. The standard InChI is InChI=1S/C15H15N3O3/c1-11(12-5-3-2-4-6-12)9-14(19)16-13-7-8-18(17-13)10-15(20)21/h2-9H,10H2,1H3,(H,20,21)(H,16,17,19). The first-order valence-electron chi connectivity index (χ1n) is 6.34. The van der Waals surface area contributed by atoms with E-state index < -0.39 is 5.97 Å². The molecule has 2 N–H and O–H groups in total. The summed E-state index contributed by atoms with van der Waals surface area (Å²) in [7, 11) is 0. The fraction of sp³-hybridized carbons (Fsp3) is 0.133. The molecular formula is C15H15N3O3. The number of anilines is 1. The highest BCUT2D eigenvalue weighted by molar-refractivity contribution is 6.03. The maximum Gasteiger partial charge on any atom is 0.325 e. The van der Waals surface area contributed by atoms with E-state index >= 15 is 0 Å². The molecule has 0 aliphatic heterocycles. The van der Waals surface area contributed by atoms with Gasteiger partial charge in [0.25, 0.3) is 0 Å². The van der Waals surface area contributed by atoms with Crippen LogP contribution in [-0.4, -0.2) is 26.8 Å². The van der Waals surface area contributed by atoms with Crippen molar-refractivity contribution in [3.8, 4) is 0 Å². The van der Waals surface area contributed by atoms with Gasteiger partial charge in [-0.15, -0.1) is 0 Å². The molecule has 0 aliphatic rings. The molecule has 1 amide bonds. The number of aliphatic carboxylic acids is 1. The summed E-state index contributed by atoms with van der Waals surface area (Å²) in [5.41, 5.74) is 1.79. The lowest BCUT2D eigenvalue weighted by Crippen LogP contribution is -2.12. The molecule has 0 saturated carbocycles. The first-order chi connectivity index (χ1) is 10.0. The summed E-state index contributed by atoms with van der Waals surface area (Å²) >= 11 is 0. The molecule has 0 spiro atoms. The molecule has 0 unspecified atom stereocenters. The van der Waals surface area contributed by atoms with E-state index in [4.69, 9.17) is 5.11 Å². The summed E-state index contributed by atoms with van der Waals surface area (Å²) in [6, 6.07) is 11.1. The number of rotatable bonds is 5. The molecule has 6 heteroatoms. The van der Waals surface area contributed by atoms with Gasteiger partial charge in [0, 0.05) is 18.3 Å². The van der Waals surface area contributed by atoms with Gasteiger partial charge in [-0.2, -0.15) is 5.10 Å². The van der Waals surface area contributed by atoms with Gasteiger partial charge in [-0.25, -0.2) is 0 Å². The van der Waals surface area contributed by atoms with Crippen LogP contribution >= 0.6 is 0 Å². The number of aromatic nitrogens is 2. The van der Waals surface area contributed by atoms with Crippen LogP contribution in [-0.2, 0) is 16.1 Å². The maximum atomic E-state index is 11.9. The zero-order valence-corrected chi connectivity index (χ0v) is 11.5. The van der Waals surface area contributed by atoms with E-state index in [1.807, 2.05) is 37.3 Å². The van der Waals surface area contributed by atoms with Gasteiger partial charge in [-0.05, 0) is 18.1 Å². The molecule has 0 saturated heterocycles. The van der Waals surface area contributed by atoms with Gasteiger partial charge in [0.15, 0.2) is 5.82 Å². The average molecular weight is 285 g/mol. The second-order valence-corrected chi connectivity index (χ2v) is 4.47. The van der Waals surface area contributed by atoms with E-state index in [0.29, 0.717) is 5.82 Å². The van der Waals surface area contributed by atoms with E-state index in [0.717, 1.165) is 11.1 Å². The van der Waals surface area contributed by atoms with Crippen molar-refractivity contribution in [3.05, 3.63) is 54.2 Å². The molecule has 0 bridgehead atoms. The second kappa shape index (κ2) is 6.51. The number of nitrogens with one attached hydrogen (secondary N) is 1. The fourth-order valence-corrected chi connectivity index (χ4v) is 1.80. The van der Waals surface area contributed by atoms with Crippen LogP contribution in [0.5, 0.6) is 0 Å². The number of hydrogen-bond donors (Lipinski definition) is 2. The topological polar surface area (TPSA) is 84.2 Å². The molecule has 2 aromatic rings. The van der Waals surface area contributed by atoms with Crippen molar-refractivity contribution in [2.45, 2.75) is 13.5 Å². The average Bonchev–Trinajstić information content (AvgIpc) is 2.85. The lowest BCUT2D eigenvalue weighted by atomic mass is 10.1. The Labute approximate surface area is 121 Å². The van der Waals surface area contributed by atoms with Gasteiger partial charge >= 0.3 is 5.97 Å². The Bertz CT molecular complexity index is 674. The van der Waals surface area contributed by atoms with Gasteiger partial charge in [-0.1, -0.05) is 30.3 Å². The molecular weight excluding hydrogens is 270 g/mol. The first kappa shape index (κ1) is 14.5. The van der Waals surface area contributed by atoms with Gasteiger partial charge in [0.2, 0.25) is 5.91 Å². The Morgan fingerprint density at radius 2 is 2.00 bits per heavy atom. The third-order valence-corrected chi connectivity index (χ3v) is 2.77. The van der Waals surface area contributed by atoms with E-state index in [1.54, 1.807) is 6.07 Å². The number of carbonyl (C=O) groups is 2. The third-order valence-electron chi connectivity index (χ3n) is 2.77. The Hall–Kier alpha value is -2.89. The number of carboxylic acids is 1. The minimum atomic E-state index is -0.990. The predicted molar refractivity (Wildman–Crippen MR) is 78.6 cm³/mol. The van der Waals surface area contributed by atoms with Crippen molar-refractivity contribution in [3.63, 3.8) is 0 Å². The molecule has 1 aromatic carbocycles. The van der Waals surface area contributed by atoms with E-state index in [2.05, 4.69) is 10.4 Å². The van der Waals surface area contributed by atoms with Crippen LogP contribution in [0.2, 0.25) is 0 Å². The van der Waals surface area contributed by atoms with Crippen molar-refractivity contribution >= 4 is 23.3 Å². The van der Waals surface area contributed by atoms with Gasteiger partial charge in [0.1, 0.15) is 6.54 Å². The molecule has 0 atom stereocenters. The first-order valence-corrected chi connectivity index (χ1v) is 6.34. The summed E-state index contributed by atoms with van der Waals surface area (Å²) in [4.78, 5) is 22.4. The Kier molecular flexibility index (Phi) is 4.50. The highest BCUT2D eigenvalue weighted by Gasteiger charge is 2.05.